The summed E-state index contributed by atoms with van der Waals surface area (Å²) in [6.07, 6.45) is 8.05. The van der Waals surface area contributed by atoms with Gasteiger partial charge in [-0.3, -0.25) is 0 Å². The number of nitrogens with one attached hydrogen (secondary N) is 1. The summed E-state index contributed by atoms with van der Waals surface area (Å²) >= 11 is 0. The van der Waals surface area contributed by atoms with Crippen LogP contribution in [0.2, 0.25) is 0 Å². The molecule has 2 aliphatic heterocycles. The van der Waals surface area contributed by atoms with Crippen molar-refractivity contribution in [1.29, 1.82) is 0 Å². The van der Waals surface area contributed by atoms with E-state index >= 15 is 0 Å². The van der Waals surface area contributed by atoms with Crippen molar-refractivity contribution in [2.45, 2.75) is 50.8 Å². The first-order valence-corrected chi connectivity index (χ1v) is 9.41. The molecule has 1 fully saturated rings. The Kier molecular flexibility index (Phi) is 5.13. The minimum atomic E-state index is 0.134. The number of nitrogens with zero attached hydrogens (tertiary/aromatic N) is 2. The molecule has 26 heavy (non-hydrogen) atoms. The van der Waals surface area contributed by atoms with Crippen molar-refractivity contribution in [1.82, 2.24) is 14.9 Å². The van der Waals surface area contributed by atoms with Crippen molar-refractivity contribution < 1.29 is 14.2 Å². The van der Waals surface area contributed by atoms with E-state index in [1.807, 2.05) is 25.6 Å². The number of aromatic nitrogens is 2. The Morgan fingerprint density at radius 3 is 3.04 bits per heavy atom. The maximum absolute atomic E-state index is 5.96. The molecule has 0 radical (unpaired) electrons. The summed E-state index contributed by atoms with van der Waals surface area (Å²) in [7, 11) is 2.02. The highest BCUT2D eigenvalue weighted by atomic mass is 16.7. The quantitative estimate of drug-likeness (QED) is 0.861. The summed E-state index contributed by atoms with van der Waals surface area (Å²) < 4.78 is 18.9. The lowest BCUT2D eigenvalue weighted by Crippen LogP contribution is -2.41. The number of aryl methyl sites for hydroxylation is 2. The fourth-order valence-corrected chi connectivity index (χ4v) is 3.80. The number of benzene rings is 1. The van der Waals surface area contributed by atoms with Gasteiger partial charge in [0, 0.05) is 25.7 Å². The monoisotopic (exact) mass is 357 g/mol. The first kappa shape index (κ1) is 17.4. The molecule has 3 atom stereocenters. The van der Waals surface area contributed by atoms with E-state index in [9.17, 15) is 0 Å². The van der Waals surface area contributed by atoms with Gasteiger partial charge in [0.1, 0.15) is 6.10 Å². The standard InChI is InChI=1S/C20H27N3O3/c1-14(3-4-15-5-6-18-20(9-15)26-13-25-18)22-16-7-8-24-19(10-16)17-11-21-12-23(17)2/h5-6,9,11-12,14,16,19,22H,3-4,7-8,10,13H2,1-2H3/t14-,16+,19+/m1/s1. The first-order chi connectivity index (χ1) is 12.7. The van der Waals surface area contributed by atoms with Crippen LogP contribution in [0.4, 0.5) is 0 Å². The van der Waals surface area contributed by atoms with Crippen LogP contribution in [0, 0.1) is 0 Å². The Morgan fingerprint density at radius 1 is 1.31 bits per heavy atom. The Morgan fingerprint density at radius 2 is 2.19 bits per heavy atom. The number of hydrogen-bond donors (Lipinski definition) is 1. The predicted molar refractivity (Wildman–Crippen MR) is 98.4 cm³/mol. The number of ether oxygens (including phenoxy) is 3. The first-order valence-electron chi connectivity index (χ1n) is 9.41. The SMILES string of the molecule is C[C@H](CCc1ccc2c(c1)OCO2)N[C@H]1CCO[C@H](c2cncn2C)C1. The largest absolute Gasteiger partial charge is 0.454 e. The zero-order valence-electron chi connectivity index (χ0n) is 15.5. The second kappa shape index (κ2) is 7.68. The van der Waals surface area contributed by atoms with Crippen LogP contribution < -0.4 is 14.8 Å². The lowest BCUT2D eigenvalue weighted by molar-refractivity contribution is -0.00545. The summed E-state index contributed by atoms with van der Waals surface area (Å²) in [5.74, 6) is 1.72. The van der Waals surface area contributed by atoms with Gasteiger partial charge >= 0.3 is 0 Å². The van der Waals surface area contributed by atoms with E-state index in [2.05, 4.69) is 33.9 Å². The lowest BCUT2D eigenvalue weighted by atomic mass is 9.99. The molecule has 0 saturated carbocycles. The smallest absolute Gasteiger partial charge is 0.231 e. The summed E-state index contributed by atoms with van der Waals surface area (Å²) in [6, 6.07) is 7.17. The second-order valence-electron chi connectivity index (χ2n) is 7.30. The minimum absolute atomic E-state index is 0.134. The van der Waals surface area contributed by atoms with Crippen molar-refractivity contribution in [2.24, 2.45) is 7.05 Å². The molecule has 0 aliphatic carbocycles. The topological polar surface area (TPSA) is 57.5 Å². The van der Waals surface area contributed by atoms with E-state index < -0.39 is 0 Å². The average Bonchev–Trinajstić information content (AvgIpc) is 3.28. The van der Waals surface area contributed by atoms with E-state index in [0.717, 1.165) is 49.5 Å². The van der Waals surface area contributed by atoms with Crippen molar-refractivity contribution in [3.05, 3.63) is 42.0 Å². The molecule has 1 saturated heterocycles. The molecule has 4 rings (SSSR count). The van der Waals surface area contributed by atoms with Crippen LogP contribution in [-0.4, -0.2) is 35.0 Å². The minimum Gasteiger partial charge on any atom is -0.454 e. The van der Waals surface area contributed by atoms with Crippen LogP contribution in [0.25, 0.3) is 0 Å². The van der Waals surface area contributed by atoms with Gasteiger partial charge in [-0.05, 0) is 50.3 Å². The molecular weight excluding hydrogens is 330 g/mol. The van der Waals surface area contributed by atoms with Gasteiger partial charge in [-0.2, -0.15) is 0 Å². The fraction of sp³-hybridized carbons (Fsp3) is 0.550. The highest BCUT2D eigenvalue weighted by Crippen LogP contribution is 2.33. The van der Waals surface area contributed by atoms with Gasteiger partial charge in [0.25, 0.3) is 0 Å². The Balaban J connectivity index is 1.28. The molecule has 0 amide bonds. The molecule has 1 aromatic carbocycles. The van der Waals surface area contributed by atoms with Crippen molar-refractivity contribution >= 4 is 0 Å². The van der Waals surface area contributed by atoms with Gasteiger partial charge < -0.3 is 24.1 Å². The molecule has 140 valence electrons. The van der Waals surface area contributed by atoms with E-state index in [-0.39, 0.29) is 6.10 Å². The molecule has 2 aromatic rings. The molecule has 1 aromatic heterocycles. The second-order valence-corrected chi connectivity index (χ2v) is 7.30. The molecular formula is C20H27N3O3. The van der Waals surface area contributed by atoms with Crippen LogP contribution in [0.15, 0.2) is 30.7 Å². The van der Waals surface area contributed by atoms with Gasteiger partial charge in [0.2, 0.25) is 6.79 Å². The molecule has 6 heteroatoms. The van der Waals surface area contributed by atoms with Gasteiger partial charge in [-0.15, -0.1) is 0 Å². The summed E-state index contributed by atoms with van der Waals surface area (Å²) in [5, 5.41) is 3.79. The van der Waals surface area contributed by atoms with E-state index in [4.69, 9.17) is 14.2 Å². The molecule has 1 N–H and O–H groups in total. The number of fused-ring (bicyclic) bond motifs is 1. The molecule has 6 nitrogen and oxygen atoms in total. The van der Waals surface area contributed by atoms with Crippen LogP contribution in [0.3, 0.4) is 0 Å². The number of rotatable bonds is 6. The zero-order valence-corrected chi connectivity index (χ0v) is 15.5. The zero-order chi connectivity index (χ0) is 17.9. The van der Waals surface area contributed by atoms with Crippen LogP contribution >= 0.6 is 0 Å². The highest BCUT2D eigenvalue weighted by molar-refractivity contribution is 5.44. The maximum Gasteiger partial charge on any atom is 0.231 e. The average molecular weight is 357 g/mol. The van der Waals surface area contributed by atoms with Gasteiger partial charge in [0.15, 0.2) is 11.5 Å². The Bertz CT molecular complexity index is 746. The van der Waals surface area contributed by atoms with E-state index in [1.165, 1.54) is 5.56 Å². The third-order valence-electron chi connectivity index (χ3n) is 5.29. The lowest BCUT2D eigenvalue weighted by Gasteiger charge is -2.32. The van der Waals surface area contributed by atoms with Crippen molar-refractivity contribution in [3.8, 4) is 11.5 Å². The normalized spacial score (nSPS) is 23.2. The Labute approximate surface area is 154 Å². The molecule has 0 spiro atoms. The van der Waals surface area contributed by atoms with Crippen molar-refractivity contribution in [3.63, 3.8) is 0 Å². The maximum atomic E-state index is 5.96. The van der Waals surface area contributed by atoms with E-state index in [1.54, 1.807) is 0 Å². The number of hydrogen-bond acceptors (Lipinski definition) is 5. The summed E-state index contributed by atoms with van der Waals surface area (Å²) in [4.78, 5) is 4.21. The predicted octanol–water partition coefficient (Wildman–Crippen LogP) is 2.98. The Hall–Kier alpha value is -2.05. The summed E-state index contributed by atoms with van der Waals surface area (Å²) in [5.41, 5.74) is 2.45. The molecule has 0 bridgehead atoms. The van der Waals surface area contributed by atoms with Crippen LogP contribution in [-0.2, 0) is 18.2 Å². The van der Waals surface area contributed by atoms with Crippen LogP contribution in [0.5, 0.6) is 11.5 Å². The van der Waals surface area contributed by atoms with Crippen LogP contribution in [0.1, 0.15) is 43.5 Å². The van der Waals surface area contributed by atoms with Crippen molar-refractivity contribution in [2.75, 3.05) is 13.4 Å². The fourth-order valence-electron chi connectivity index (χ4n) is 3.80. The number of imidazole rings is 1. The molecule has 3 heterocycles. The van der Waals surface area contributed by atoms with Gasteiger partial charge in [-0.25, -0.2) is 4.98 Å². The third-order valence-corrected chi connectivity index (χ3v) is 5.29. The highest BCUT2D eigenvalue weighted by Gasteiger charge is 2.26. The van der Waals surface area contributed by atoms with Gasteiger partial charge in [-0.1, -0.05) is 6.07 Å². The molecule has 0 unspecified atom stereocenters. The molecule has 2 aliphatic rings. The van der Waals surface area contributed by atoms with E-state index in [0.29, 0.717) is 18.9 Å². The third kappa shape index (κ3) is 3.86. The van der Waals surface area contributed by atoms with Gasteiger partial charge in [0.05, 0.1) is 18.2 Å². The summed E-state index contributed by atoms with van der Waals surface area (Å²) in [6.45, 7) is 3.39.